The molecule has 5 nitrogen and oxygen atoms in total. The summed E-state index contributed by atoms with van der Waals surface area (Å²) >= 11 is 0. The molecule has 5 heteroatoms. The average Bonchev–Trinajstić information content (AvgIpc) is 2.78. The van der Waals surface area contributed by atoms with Gasteiger partial charge in [0.1, 0.15) is 0 Å². The van der Waals surface area contributed by atoms with Gasteiger partial charge in [0.25, 0.3) is 5.91 Å². The van der Waals surface area contributed by atoms with Crippen molar-refractivity contribution in [2.45, 2.75) is 46.0 Å². The van der Waals surface area contributed by atoms with Crippen LogP contribution in [0.5, 0.6) is 0 Å². The molecular weight excluding hydrogens is 326 g/mol. The van der Waals surface area contributed by atoms with Crippen molar-refractivity contribution in [2.24, 2.45) is 0 Å². The summed E-state index contributed by atoms with van der Waals surface area (Å²) in [6.45, 7) is 9.66. The maximum atomic E-state index is 12.4. The molecule has 2 rings (SSSR count). The van der Waals surface area contributed by atoms with Gasteiger partial charge >= 0.3 is 0 Å². The Morgan fingerprint density at radius 3 is 2.69 bits per heavy atom. The van der Waals surface area contributed by atoms with Gasteiger partial charge in [-0.25, -0.2) is 0 Å². The molecule has 0 aliphatic carbocycles. The van der Waals surface area contributed by atoms with Crippen LogP contribution in [0.3, 0.4) is 0 Å². The van der Waals surface area contributed by atoms with E-state index < -0.39 is 5.41 Å². The van der Waals surface area contributed by atoms with E-state index in [-0.39, 0.29) is 11.8 Å². The fraction of sp³-hybridized carbons (Fsp3) is 0.524. The smallest absolute Gasteiger partial charge is 0.298 e. The molecule has 0 radical (unpaired) electrons. The third-order valence-electron chi connectivity index (χ3n) is 4.88. The number of rotatable bonds is 7. The third kappa shape index (κ3) is 4.01. The summed E-state index contributed by atoms with van der Waals surface area (Å²) in [5.41, 5.74) is 2.46. The van der Waals surface area contributed by atoms with Gasteiger partial charge in [-0.15, -0.1) is 0 Å². The number of benzene rings is 1. The fourth-order valence-corrected chi connectivity index (χ4v) is 3.28. The molecule has 1 aliphatic rings. The Hall–Kier alpha value is -2.48. The predicted octanol–water partition coefficient (Wildman–Crippen LogP) is 3.00. The summed E-state index contributed by atoms with van der Waals surface area (Å²) in [6.07, 6.45) is 2.01. The zero-order valence-corrected chi connectivity index (χ0v) is 16.5. The molecule has 0 fully saturated rings. The lowest BCUT2D eigenvalue weighted by molar-refractivity contribution is -0.125. The zero-order chi connectivity index (χ0) is 19.3. The van der Waals surface area contributed by atoms with E-state index in [1.807, 2.05) is 39.1 Å². The van der Waals surface area contributed by atoms with Crippen LogP contribution in [0.15, 0.2) is 18.2 Å². The van der Waals surface area contributed by atoms with Crippen LogP contribution in [-0.2, 0) is 15.0 Å². The second kappa shape index (κ2) is 8.27. The number of amides is 2. The minimum absolute atomic E-state index is 0.110. The van der Waals surface area contributed by atoms with Crippen LogP contribution in [0.4, 0.5) is 11.4 Å². The number of nitrogens with one attached hydrogen (secondary N) is 1. The first-order valence-electron chi connectivity index (χ1n) is 9.21. The van der Waals surface area contributed by atoms with Gasteiger partial charge < -0.3 is 15.1 Å². The summed E-state index contributed by atoms with van der Waals surface area (Å²) in [6, 6.07) is 6.02. The van der Waals surface area contributed by atoms with E-state index in [0.29, 0.717) is 13.1 Å². The highest BCUT2D eigenvalue weighted by atomic mass is 16.2. The largest absolute Gasteiger partial charge is 0.383 e. The molecule has 1 heterocycles. The summed E-state index contributed by atoms with van der Waals surface area (Å²) < 4.78 is 0. The molecule has 1 N–H and O–H groups in total. The monoisotopic (exact) mass is 355 g/mol. The van der Waals surface area contributed by atoms with Gasteiger partial charge in [0.2, 0.25) is 5.91 Å². The minimum atomic E-state index is -0.481. The summed E-state index contributed by atoms with van der Waals surface area (Å²) in [5.74, 6) is 5.29. The van der Waals surface area contributed by atoms with Crippen LogP contribution >= 0.6 is 0 Å². The van der Waals surface area contributed by atoms with Gasteiger partial charge in [-0.2, -0.15) is 0 Å². The molecule has 2 amide bonds. The summed E-state index contributed by atoms with van der Waals surface area (Å²) in [4.78, 5) is 28.0. The van der Waals surface area contributed by atoms with Crippen molar-refractivity contribution in [3.63, 3.8) is 0 Å². The van der Waals surface area contributed by atoms with Crippen molar-refractivity contribution in [1.29, 1.82) is 0 Å². The maximum absolute atomic E-state index is 12.4. The van der Waals surface area contributed by atoms with Crippen LogP contribution in [0.1, 0.15) is 46.1 Å². The number of unbranched alkanes of at least 4 members (excludes halogenated alkanes) is 1. The van der Waals surface area contributed by atoms with Crippen molar-refractivity contribution < 1.29 is 9.59 Å². The Balaban J connectivity index is 2.02. The van der Waals surface area contributed by atoms with Gasteiger partial charge in [-0.05, 0) is 50.8 Å². The topological polar surface area (TPSA) is 52.7 Å². The number of likely N-dealkylation sites (N-methyl/N-ethyl adjacent to an activating group) is 1. The van der Waals surface area contributed by atoms with Gasteiger partial charge in [-0.3, -0.25) is 9.59 Å². The first-order chi connectivity index (χ1) is 12.3. The number of anilines is 2. The Morgan fingerprint density at radius 1 is 1.31 bits per heavy atom. The van der Waals surface area contributed by atoms with Crippen LogP contribution in [0.2, 0.25) is 0 Å². The number of carbonyl (C=O) groups excluding carboxylic acids is 2. The highest BCUT2D eigenvalue weighted by molar-refractivity contribution is 6.07. The van der Waals surface area contributed by atoms with Crippen molar-refractivity contribution in [3.05, 3.63) is 23.8 Å². The number of hydrogen-bond donors (Lipinski definition) is 1. The molecule has 0 saturated heterocycles. The van der Waals surface area contributed by atoms with Gasteiger partial charge in [-0.1, -0.05) is 25.3 Å². The first-order valence-corrected chi connectivity index (χ1v) is 9.21. The molecule has 1 aliphatic heterocycles. The van der Waals surface area contributed by atoms with E-state index >= 15 is 0 Å². The van der Waals surface area contributed by atoms with Gasteiger partial charge in [0, 0.05) is 38.1 Å². The predicted molar refractivity (Wildman–Crippen MR) is 106 cm³/mol. The first kappa shape index (κ1) is 19.8. The van der Waals surface area contributed by atoms with Crippen LogP contribution < -0.4 is 10.2 Å². The lowest BCUT2D eigenvalue weighted by Crippen LogP contribution is -2.35. The Morgan fingerprint density at radius 2 is 2.04 bits per heavy atom. The standard InChI is InChI=1S/C21H29N3O2/c1-6-8-13-24(19(25)9-7-2)14-12-22-16-10-11-17-18(15-16)23(5)20(26)21(17,3)4/h10-11,15,22H,6,8,12-14H2,1-5H3. The van der Waals surface area contributed by atoms with Crippen LogP contribution in [0.25, 0.3) is 0 Å². The molecule has 0 spiro atoms. The highest BCUT2D eigenvalue weighted by Crippen LogP contribution is 2.41. The van der Waals surface area contributed by atoms with E-state index in [2.05, 4.69) is 24.1 Å². The van der Waals surface area contributed by atoms with Crippen molar-refractivity contribution in [3.8, 4) is 11.8 Å². The zero-order valence-electron chi connectivity index (χ0n) is 16.5. The minimum Gasteiger partial charge on any atom is -0.383 e. The van der Waals surface area contributed by atoms with E-state index in [0.717, 1.165) is 36.3 Å². The molecule has 0 aromatic heterocycles. The number of carbonyl (C=O) groups is 2. The Bertz CT molecular complexity index is 743. The second-order valence-corrected chi connectivity index (χ2v) is 7.17. The quantitative estimate of drug-likeness (QED) is 0.765. The molecule has 1 aromatic carbocycles. The van der Waals surface area contributed by atoms with Crippen molar-refractivity contribution in [2.75, 3.05) is 36.9 Å². The Kier molecular flexibility index (Phi) is 6.31. The van der Waals surface area contributed by atoms with E-state index in [9.17, 15) is 9.59 Å². The molecule has 0 unspecified atom stereocenters. The number of fused-ring (bicyclic) bond motifs is 1. The number of hydrogen-bond acceptors (Lipinski definition) is 3. The average molecular weight is 355 g/mol. The van der Waals surface area contributed by atoms with Gasteiger partial charge in [0.05, 0.1) is 5.41 Å². The van der Waals surface area contributed by atoms with E-state index in [4.69, 9.17) is 0 Å². The van der Waals surface area contributed by atoms with E-state index in [1.165, 1.54) is 0 Å². The molecule has 0 atom stereocenters. The lowest BCUT2D eigenvalue weighted by Gasteiger charge is -2.21. The van der Waals surface area contributed by atoms with Crippen molar-refractivity contribution >= 4 is 23.2 Å². The van der Waals surface area contributed by atoms with Crippen LogP contribution in [0, 0.1) is 11.8 Å². The summed E-state index contributed by atoms with van der Waals surface area (Å²) in [7, 11) is 1.81. The fourth-order valence-electron chi connectivity index (χ4n) is 3.28. The van der Waals surface area contributed by atoms with Crippen molar-refractivity contribution in [1.82, 2.24) is 4.90 Å². The summed E-state index contributed by atoms with van der Waals surface area (Å²) in [5, 5.41) is 3.36. The number of nitrogens with zero attached hydrogens (tertiary/aromatic N) is 2. The van der Waals surface area contributed by atoms with Crippen LogP contribution in [-0.4, -0.2) is 43.4 Å². The maximum Gasteiger partial charge on any atom is 0.298 e. The SMILES string of the molecule is CC#CC(=O)N(CCCC)CCNc1ccc2c(c1)N(C)C(=O)C2(C)C. The molecule has 1 aromatic rings. The lowest BCUT2D eigenvalue weighted by atomic mass is 9.86. The molecule has 0 bridgehead atoms. The Labute approximate surface area is 156 Å². The normalized spacial score (nSPS) is 14.5. The molecule has 0 saturated carbocycles. The second-order valence-electron chi connectivity index (χ2n) is 7.17. The van der Waals surface area contributed by atoms with E-state index in [1.54, 1.807) is 16.7 Å². The van der Waals surface area contributed by atoms with Gasteiger partial charge in [0.15, 0.2) is 0 Å². The molecular formula is C21H29N3O2. The molecule has 26 heavy (non-hydrogen) atoms. The third-order valence-corrected chi connectivity index (χ3v) is 4.88. The highest BCUT2D eigenvalue weighted by Gasteiger charge is 2.42. The molecule has 140 valence electrons.